The lowest BCUT2D eigenvalue weighted by Gasteiger charge is -2.30. The molecule has 2 aromatic heterocycles. The summed E-state index contributed by atoms with van der Waals surface area (Å²) >= 11 is 3.23. The first-order chi connectivity index (χ1) is 15.3. The van der Waals surface area contributed by atoms with Crippen molar-refractivity contribution in [3.8, 4) is 5.75 Å². The highest BCUT2D eigenvalue weighted by Crippen LogP contribution is 2.38. The Morgan fingerprint density at radius 3 is 2.91 bits per heavy atom. The zero-order valence-corrected chi connectivity index (χ0v) is 19.4. The Bertz CT molecular complexity index is 1260. The third kappa shape index (κ3) is 3.54. The van der Waals surface area contributed by atoms with Crippen LogP contribution in [0.4, 0.5) is 10.1 Å². The van der Waals surface area contributed by atoms with Crippen molar-refractivity contribution < 1.29 is 18.7 Å². The number of benzene rings is 1. The maximum absolute atomic E-state index is 14.0. The van der Waals surface area contributed by atoms with Crippen molar-refractivity contribution in [2.45, 2.75) is 32.7 Å². The van der Waals surface area contributed by atoms with Gasteiger partial charge in [-0.25, -0.2) is 9.37 Å². The molecule has 2 amide bonds. The number of aryl methyl sites for hydroxylation is 1. The summed E-state index contributed by atoms with van der Waals surface area (Å²) in [5, 5.41) is 0. The summed E-state index contributed by atoms with van der Waals surface area (Å²) in [5.41, 5.74) is 3.80. The van der Waals surface area contributed by atoms with Gasteiger partial charge >= 0.3 is 0 Å². The molecule has 166 valence electrons. The number of aromatic nitrogens is 2. The van der Waals surface area contributed by atoms with E-state index in [-0.39, 0.29) is 36.7 Å². The number of fused-ring (bicyclic) bond motifs is 2. The topological polar surface area (TPSA) is 67.2 Å². The Labute approximate surface area is 192 Å². The van der Waals surface area contributed by atoms with Crippen molar-refractivity contribution >= 4 is 39.1 Å². The Morgan fingerprint density at radius 1 is 1.34 bits per heavy atom. The molecule has 0 aliphatic carbocycles. The molecule has 32 heavy (non-hydrogen) atoms. The van der Waals surface area contributed by atoms with Gasteiger partial charge in [-0.2, -0.15) is 0 Å². The number of imidazole rings is 1. The highest BCUT2D eigenvalue weighted by atomic mass is 79.9. The van der Waals surface area contributed by atoms with Gasteiger partial charge in [0, 0.05) is 38.2 Å². The van der Waals surface area contributed by atoms with E-state index in [1.807, 2.05) is 30.0 Å². The minimum absolute atomic E-state index is 0.0397. The normalized spacial score (nSPS) is 18.2. The smallest absolute Gasteiger partial charge is 0.265 e. The lowest BCUT2D eigenvalue weighted by molar-refractivity contribution is -0.127. The fourth-order valence-electron chi connectivity index (χ4n) is 4.51. The quantitative estimate of drug-likeness (QED) is 0.548. The zero-order chi connectivity index (χ0) is 22.6. The molecule has 0 N–H and O–H groups in total. The molecule has 2 aliphatic rings. The van der Waals surface area contributed by atoms with Crippen molar-refractivity contribution in [3.63, 3.8) is 0 Å². The number of hydrogen-bond donors (Lipinski definition) is 0. The van der Waals surface area contributed by atoms with Crippen LogP contribution in [0.3, 0.4) is 0 Å². The number of halogens is 2. The number of hydrogen-bond acceptors (Lipinski definition) is 4. The molecular formula is C23H22BrFN4O3. The highest BCUT2D eigenvalue weighted by molar-refractivity contribution is 9.10. The number of rotatable bonds is 3. The number of carbonyl (C=O) groups is 2. The second-order valence-electron chi connectivity index (χ2n) is 8.29. The van der Waals surface area contributed by atoms with Crippen LogP contribution >= 0.6 is 15.9 Å². The number of nitrogens with zero attached hydrogens (tertiary/aromatic N) is 4. The second-order valence-corrected chi connectivity index (χ2v) is 9.14. The summed E-state index contributed by atoms with van der Waals surface area (Å²) in [6.07, 6.45) is 2.52. The first kappa shape index (κ1) is 20.9. The maximum Gasteiger partial charge on any atom is 0.265 e. The van der Waals surface area contributed by atoms with Crippen molar-refractivity contribution in [2.24, 2.45) is 0 Å². The van der Waals surface area contributed by atoms with E-state index >= 15 is 0 Å². The number of pyridine rings is 1. The average Bonchev–Trinajstić information content (AvgIpc) is 3.36. The standard InChI is InChI=1S/C23H22BrFN4O3/c1-13-20(28-10-17(24)18(25)8-22(28)26-13)11-29-19-7-15(3-4-21(19)32-12-23(29)31)16-5-6-27(9-16)14(2)30/h3-4,7-8,10,16H,5-6,9,11-12H2,1-2H3. The van der Waals surface area contributed by atoms with Gasteiger partial charge in [-0.05, 0) is 47.0 Å². The van der Waals surface area contributed by atoms with Gasteiger partial charge < -0.3 is 14.0 Å². The van der Waals surface area contributed by atoms with Gasteiger partial charge in [0.05, 0.1) is 28.1 Å². The summed E-state index contributed by atoms with van der Waals surface area (Å²) in [7, 11) is 0. The van der Waals surface area contributed by atoms with Gasteiger partial charge in [0.25, 0.3) is 5.91 Å². The molecule has 0 saturated carbocycles. The molecular weight excluding hydrogens is 479 g/mol. The monoisotopic (exact) mass is 500 g/mol. The summed E-state index contributed by atoms with van der Waals surface area (Å²) in [5.74, 6) is 0.411. The molecule has 0 spiro atoms. The Balaban J connectivity index is 1.51. The molecule has 2 aliphatic heterocycles. The van der Waals surface area contributed by atoms with Crippen molar-refractivity contribution in [1.82, 2.24) is 14.3 Å². The van der Waals surface area contributed by atoms with Gasteiger partial charge in [-0.1, -0.05) is 6.07 Å². The van der Waals surface area contributed by atoms with Crippen molar-refractivity contribution in [3.05, 3.63) is 57.7 Å². The Hall–Kier alpha value is -2.94. The van der Waals surface area contributed by atoms with Gasteiger partial charge in [-0.3, -0.25) is 14.5 Å². The summed E-state index contributed by atoms with van der Waals surface area (Å²) in [4.78, 5) is 32.6. The van der Waals surface area contributed by atoms with Crippen LogP contribution in [0.5, 0.6) is 5.75 Å². The van der Waals surface area contributed by atoms with E-state index in [9.17, 15) is 14.0 Å². The molecule has 1 aromatic carbocycles. The molecule has 3 aromatic rings. The number of ether oxygens (including phenoxy) is 1. The number of anilines is 1. The van der Waals surface area contributed by atoms with Crippen LogP contribution in [0.2, 0.25) is 0 Å². The minimum Gasteiger partial charge on any atom is -0.482 e. The minimum atomic E-state index is -0.386. The molecule has 0 bridgehead atoms. The van der Waals surface area contributed by atoms with Gasteiger partial charge in [0.15, 0.2) is 6.61 Å². The van der Waals surface area contributed by atoms with Crippen molar-refractivity contribution in [2.75, 3.05) is 24.6 Å². The molecule has 1 saturated heterocycles. The molecule has 1 atom stereocenters. The number of amides is 2. The predicted octanol–water partition coefficient (Wildman–Crippen LogP) is 3.81. The van der Waals surface area contributed by atoms with E-state index in [4.69, 9.17) is 4.74 Å². The van der Waals surface area contributed by atoms with Crippen LogP contribution in [0.25, 0.3) is 5.65 Å². The van der Waals surface area contributed by atoms with Crippen LogP contribution in [-0.4, -0.2) is 45.8 Å². The van der Waals surface area contributed by atoms with E-state index in [0.717, 1.165) is 29.9 Å². The zero-order valence-electron chi connectivity index (χ0n) is 17.8. The lowest BCUT2D eigenvalue weighted by atomic mass is 9.97. The van der Waals surface area contributed by atoms with Gasteiger partial charge in [0.2, 0.25) is 5.91 Å². The number of carbonyl (C=O) groups excluding carboxylic acids is 2. The average molecular weight is 501 g/mol. The Kier molecular flexibility index (Phi) is 5.16. The second kappa shape index (κ2) is 7.88. The SMILES string of the molecule is CC(=O)N1CCC(c2ccc3c(c2)N(Cc2c(C)nc4cc(F)c(Br)cn24)C(=O)CO3)C1. The molecule has 1 unspecified atom stereocenters. The van der Waals surface area contributed by atoms with E-state index in [1.54, 1.807) is 22.4 Å². The Morgan fingerprint density at radius 2 is 2.16 bits per heavy atom. The summed E-state index contributed by atoms with van der Waals surface area (Å²) in [6, 6.07) is 7.28. The van der Waals surface area contributed by atoms with Crippen LogP contribution in [0.1, 0.15) is 36.2 Å². The largest absolute Gasteiger partial charge is 0.482 e. The fraction of sp³-hybridized carbons (Fsp3) is 0.348. The lowest BCUT2D eigenvalue weighted by Crippen LogP contribution is -2.38. The van der Waals surface area contributed by atoms with Gasteiger partial charge in [-0.15, -0.1) is 0 Å². The van der Waals surface area contributed by atoms with Crippen LogP contribution in [0, 0.1) is 12.7 Å². The molecule has 0 radical (unpaired) electrons. The molecule has 4 heterocycles. The van der Waals surface area contributed by atoms with Crippen LogP contribution in [0.15, 0.2) is 34.9 Å². The number of likely N-dealkylation sites (tertiary alicyclic amines) is 1. The third-order valence-electron chi connectivity index (χ3n) is 6.30. The van der Waals surface area contributed by atoms with E-state index < -0.39 is 0 Å². The first-order valence-corrected chi connectivity index (χ1v) is 11.3. The summed E-state index contributed by atoms with van der Waals surface area (Å²) in [6.45, 7) is 5.10. The predicted molar refractivity (Wildman–Crippen MR) is 120 cm³/mol. The van der Waals surface area contributed by atoms with Gasteiger partial charge in [0.1, 0.15) is 17.2 Å². The maximum atomic E-state index is 14.0. The molecule has 5 rings (SSSR count). The molecule has 7 nitrogen and oxygen atoms in total. The van der Waals surface area contributed by atoms with E-state index in [2.05, 4.69) is 20.9 Å². The molecule has 9 heteroatoms. The van der Waals surface area contributed by atoms with E-state index in [0.29, 0.717) is 28.1 Å². The first-order valence-electron chi connectivity index (χ1n) is 10.5. The highest BCUT2D eigenvalue weighted by Gasteiger charge is 2.31. The van der Waals surface area contributed by atoms with Crippen LogP contribution in [-0.2, 0) is 16.1 Å². The third-order valence-corrected chi connectivity index (χ3v) is 6.89. The van der Waals surface area contributed by atoms with Crippen LogP contribution < -0.4 is 9.64 Å². The van der Waals surface area contributed by atoms with Crippen molar-refractivity contribution in [1.29, 1.82) is 0 Å². The summed E-state index contributed by atoms with van der Waals surface area (Å²) < 4.78 is 21.8. The van der Waals surface area contributed by atoms with E-state index in [1.165, 1.54) is 6.07 Å². The molecule has 1 fully saturated rings. The fourth-order valence-corrected chi connectivity index (χ4v) is 4.83.